The highest BCUT2D eigenvalue weighted by Gasteiger charge is 2.34. The smallest absolute Gasteiger partial charge is 0.419 e. The van der Waals surface area contributed by atoms with Crippen molar-refractivity contribution in [2.24, 2.45) is 0 Å². The van der Waals surface area contributed by atoms with E-state index < -0.39 is 24.3 Å². The summed E-state index contributed by atoms with van der Waals surface area (Å²) < 4.78 is 43.9. The van der Waals surface area contributed by atoms with Crippen LogP contribution in [0.25, 0.3) is 11.4 Å². The highest BCUT2D eigenvalue weighted by Crippen LogP contribution is 2.38. The zero-order valence-electron chi connectivity index (χ0n) is 15.2. The highest BCUT2D eigenvalue weighted by molar-refractivity contribution is 5.92. The van der Waals surface area contributed by atoms with Crippen molar-refractivity contribution in [1.29, 1.82) is 0 Å². The SMILES string of the molecule is O=C(COc1ccccc1C(F)(F)F)Nc1ccc(-c2n[nH]c(C3CC3)n2)cc1. The summed E-state index contributed by atoms with van der Waals surface area (Å²) in [5, 5.41) is 9.72. The lowest BCUT2D eigenvalue weighted by atomic mass is 10.2. The predicted molar refractivity (Wildman–Crippen MR) is 99.4 cm³/mol. The Morgan fingerprint density at radius 3 is 2.55 bits per heavy atom. The van der Waals surface area contributed by atoms with Gasteiger partial charge in [-0.2, -0.15) is 18.3 Å². The first kappa shape index (κ1) is 19.0. The number of ether oxygens (including phenoxy) is 1. The lowest BCUT2D eigenvalue weighted by Crippen LogP contribution is -2.21. The number of halogens is 3. The molecule has 2 N–H and O–H groups in total. The summed E-state index contributed by atoms with van der Waals surface area (Å²) in [6.45, 7) is -0.541. The number of anilines is 1. The second kappa shape index (κ2) is 7.57. The predicted octanol–water partition coefficient (Wildman–Crippen LogP) is 4.39. The minimum absolute atomic E-state index is 0.387. The van der Waals surface area contributed by atoms with Gasteiger partial charge >= 0.3 is 6.18 Å². The van der Waals surface area contributed by atoms with Crippen LogP contribution in [0.4, 0.5) is 18.9 Å². The molecule has 0 bridgehead atoms. The van der Waals surface area contributed by atoms with Crippen LogP contribution in [-0.2, 0) is 11.0 Å². The van der Waals surface area contributed by atoms with Gasteiger partial charge in [-0.3, -0.25) is 9.89 Å². The Labute approximate surface area is 164 Å². The van der Waals surface area contributed by atoms with Crippen LogP contribution in [0.15, 0.2) is 48.5 Å². The molecule has 150 valence electrons. The van der Waals surface area contributed by atoms with E-state index in [1.54, 1.807) is 24.3 Å². The van der Waals surface area contributed by atoms with Crippen LogP contribution in [0.5, 0.6) is 5.75 Å². The van der Waals surface area contributed by atoms with Crippen LogP contribution < -0.4 is 10.1 Å². The van der Waals surface area contributed by atoms with Crippen molar-refractivity contribution in [1.82, 2.24) is 15.2 Å². The molecule has 1 heterocycles. The van der Waals surface area contributed by atoms with E-state index in [1.807, 2.05) is 0 Å². The molecule has 1 aromatic heterocycles. The summed E-state index contributed by atoms with van der Waals surface area (Å²) in [5.41, 5.74) is 0.361. The van der Waals surface area contributed by atoms with E-state index in [2.05, 4.69) is 20.5 Å². The number of amides is 1. The summed E-state index contributed by atoms with van der Waals surface area (Å²) in [7, 11) is 0. The second-order valence-corrected chi connectivity index (χ2v) is 6.73. The minimum atomic E-state index is -4.55. The molecule has 0 unspecified atom stereocenters. The Kier molecular flexibility index (Phi) is 4.96. The van der Waals surface area contributed by atoms with Gasteiger partial charge in [0.05, 0.1) is 5.56 Å². The maximum atomic E-state index is 13.0. The number of hydrogen-bond donors (Lipinski definition) is 2. The lowest BCUT2D eigenvalue weighted by molar-refractivity contribution is -0.139. The van der Waals surface area contributed by atoms with Gasteiger partial charge < -0.3 is 10.1 Å². The van der Waals surface area contributed by atoms with Gasteiger partial charge in [0.1, 0.15) is 11.6 Å². The normalized spacial score (nSPS) is 13.9. The monoisotopic (exact) mass is 402 g/mol. The van der Waals surface area contributed by atoms with E-state index in [0.717, 1.165) is 30.3 Å². The lowest BCUT2D eigenvalue weighted by Gasteiger charge is -2.13. The largest absolute Gasteiger partial charge is 0.483 e. The van der Waals surface area contributed by atoms with Crippen LogP contribution in [-0.4, -0.2) is 27.7 Å². The van der Waals surface area contributed by atoms with Crippen LogP contribution in [0, 0.1) is 0 Å². The van der Waals surface area contributed by atoms with E-state index in [9.17, 15) is 18.0 Å². The van der Waals surface area contributed by atoms with Crippen LogP contribution in [0.3, 0.4) is 0 Å². The van der Waals surface area contributed by atoms with Crippen molar-refractivity contribution in [3.05, 3.63) is 59.9 Å². The molecule has 4 rings (SSSR count). The topological polar surface area (TPSA) is 79.9 Å². The van der Waals surface area contributed by atoms with Crippen molar-refractivity contribution < 1.29 is 22.7 Å². The van der Waals surface area contributed by atoms with Gasteiger partial charge in [-0.25, -0.2) is 4.98 Å². The zero-order valence-corrected chi connectivity index (χ0v) is 15.2. The number of para-hydroxylation sites is 1. The molecule has 0 aliphatic heterocycles. The van der Waals surface area contributed by atoms with Crippen molar-refractivity contribution in [3.8, 4) is 17.1 Å². The van der Waals surface area contributed by atoms with Gasteiger partial charge in [0.15, 0.2) is 12.4 Å². The first-order chi connectivity index (χ1) is 13.9. The number of hydrogen-bond acceptors (Lipinski definition) is 4. The average Bonchev–Trinajstić information content (AvgIpc) is 3.43. The first-order valence-electron chi connectivity index (χ1n) is 9.02. The standard InChI is InChI=1S/C20H17F3N4O2/c21-20(22,23)15-3-1-2-4-16(15)29-11-17(28)24-14-9-7-13(8-10-14)19-25-18(26-27-19)12-5-6-12/h1-4,7-10,12H,5-6,11H2,(H,24,28)(H,25,26,27). The molecule has 0 atom stereocenters. The Balaban J connectivity index is 1.35. The fourth-order valence-electron chi connectivity index (χ4n) is 2.81. The summed E-state index contributed by atoms with van der Waals surface area (Å²) in [6.07, 6.45) is -2.31. The molecular formula is C20H17F3N4O2. The van der Waals surface area contributed by atoms with Gasteiger partial charge in [-0.15, -0.1) is 0 Å². The van der Waals surface area contributed by atoms with Crippen LogP contribution >= 0.6 is 0 Å². The molecular weight excluding hydrogens is 385 g/mol. The van der Waals surface area contributed by atoms with E-state index in [-0.39, 0.29) is 5.75 Å². The van der Waals surface area contributed by atoms with Gasteiger partial charge in [0.25, 0.3) is 5.91 Å². The number of H-pyrrole nitrogens is 1. The van der Waals surface area contributed by atoms with E-state index >= 15 is 0 Å². The fraction of sp³-hybridized carbons (Fsp3) is 0.250. The highest BCUT2D eigenvalue weighted by atomic mass is 19.4. The molecule has 6 nitrogen and oxygen atoms in total. The molecule has 9 heteroatoms. The number of rotatable bonds is 6. The third-order valence-corrected chi connectivity index (χ3v) is 4.44. The fourth-order valence-corrected chi connectivity index (χ4v) is 2.81. The maximum absolute atomic E-state index is 13.0. The van der Waals surface area contributed by atoms with Gasteiger partial charge in [-0.1, -0.05) is 12.1 Å². The molecule has 2 aromatic carbocycles. The molecule has 1 amide bonds. The van der Waals surface area contributed by atoms with E-state index in [1.165, 1.54) is 18.2 Å². The third-order valence-electron chi connectivity index (χ3n) is 4.44. The Bertz CT molecular complexity index is 1010. The number of aromatic amines is 1. The Morgan fingerprint density at radius 2 is 1.86 bits per heavy atom. The maximum Gasteiger partial charge on any atom is 0.419 e. The molecule has 1 fully saturated rings. The Hall–Kier alpha value is -3.36. The Morgan fingerprint density at radius 1 is 1.14 bits per heavy atom. The van der Waals surface area contributed by atoms with Gasteiger partial charge in [0, 0.05) is 17.2 Å². The quantitative estimate of drug-likeness (QED) is 0.641. The third kappa shape index (κ3) is 4.56. The summed E-state index contributed by atoms with van der Waals surface area (Å²) in [4.78, 5) is 16.5. The average molecular weight is 402 g/mol. The number of carbonyl (C=O) groups is 1. The molecule has 1 aliphatic rings. The minimum Gasteiger partial charge on any atom is -0.483 e. The van der Waals surface area contributed by atoms with E-state index in [0.29, 0.717) is 17.4 Å². The molecule has 1 aliphatic carbocycles. The summed E-state index contributed by atoms with van der Waals surface area (Å²) in [6, 6.07) is 11.6. The number of nitrogens with one attached hydrogen (secondary N) is 2. The van der Waals surface area contributed by atoms with Crippen molar-refractivity contribution in [2.75, 3.05) is 11.9 Å². The van der Waals surface area contributed by atoms with Crippen LogP contribution in [0.1, 0.15) is 30.1 Å². The first-order valence-corrected chi connectivity index (χ1v) is 9.02. The second-order valence-electron chi connectivity index (χ2n) is 6.73. The molecule has 0 spiro atoms. The number of carbonyl (C=O) groups excluding carboxylic acids is 1. The van der Waals surface area contributed by atoms with Crippen molar-refractivity contribution in [2.45, 2.75) is 24.9 Å². The number of alkyl halides is 3. The zero-order chi connectivity index (χ0) is 20.4. The molecule has 29 heavy (non-hydrogen) atoms. The van der Waals surface area contributed by atoms with Gasteiger partial charge in [0.2, 0.25) is 0 Å². The number of nitrogens with zero attached hydrogens (tertiary/aromatic N) is 2. The summed E-state index contributed by atoms with van der Waals surface area (Å²) in [5.74, 6) is 0.980. The number of aromatic nitrogens is 3. The molecule has 0 saturated heterocycles. The molecule has 1 saturated carbocycles. The molecule has 0 radical (unpaired) electrons. The number of benzene rings is 2. The van der Waals surface area contributed by atoms with E-state index in [4.69, 9.17) is 4.74 Å². The van der Waals surface area contributed by atoms with Crippen molar-refractivity contribution >= 4 is 11.6 Å². The molecule has 3 aromatic rings. The van der Waals surface area contributed by atoms with Crippen LogP contribution in [0.2, 0.25) is 0 Å². The van der Waals surface area contributed by atoms with Gasteiger partial charge in [-0.05, 0) is 49.2 Å². The van der Waals surface area contributed by atoms with Crippen molar-refractivity contribution in [3.63, 3.8) is 0 Å². The summed E-state index contributed by atoms with van der Waals surface area (Å²) >= 11 is 0.